The van der Waals surface area contributed by atoms with Gasteiger partial charge in [0.25, 0.3) is 0 Å². The van der Waals surface area contributed by atoms with Crippen LogP contribution in [0.15, 0.2) is 45.9 Å². The Morgan fingerprint density at radius 3 is 2.39 bits per heavy atom. The van der Waals surface area contributed by atoms with Gasteiger partial charge in [0.15, 0.2) is 17.5 Å². The molecule has 1 aliphatic heterocycles. The fourth-order valence-corrected chi connectivity index (χ4v) is 5.07. The maximum atomic E-state index is 14.2. The molecule has 1 fully saturated rings. The van der Waals surface area contributed by atoms with Gasteiger partial charge in [0.05, 0.1) is 12.8 Å². The van der Waals surface area contributed by atoms with Crippen LogP contribution in [0.3, 0.4) is 0 Å². The van der Waals surface area contributed by atoms with Crippen LogP contribution in [0, 0.1) is 23.3 Å². The van der Waals surface area contributed by atoms with Crippen LogP contribution in [0.25, 0.3) is 11.3 Å². The molecule has 0 bridgehead atoms. The van der Waals surface area contributed by atoms with Crippen molar-refractivity contribution in [3.8, 4) is 11.3 Å². The first-order chi connectivity index (χ1) is 15.7. The highest BCUT2D eigenvalue weighted by Crippen LogP contribution is 2.39. The van der Waals surface area contributed by atoms with Crippen LogP contribution in [0.2, 0.25) is 0 Å². The maximum absolute atomic E-state index is 14.2. The number of ether oxygens (including phenoxy) is 1. The van der Waals surface area contributed by atoms with E-state index < -0.39 is 59.7 Å². The second-order valence-electron chi connectivity index (χ2n) is 7.23. The van der Waals surface area contributed by atoms with Gasteiger partial charge >= 0.3 is 0 Å². The van der Waals surface area contributed by atoms with Crippen LogP contribution in [-0.4, -0.2) is 60.7 Å². The van der Waals surface area contributed by atoms with Crippen molar-refractivity contribution in [2.24, 2.45) is 0 Å². The van der Waals surface area contributed by atoms with E-state index in [0.29, 0.717) is 4.47 Å². The molecule has 13 heteroatoms. The molecule has 4 rings (SSSR count). The Kier molecular flexibility index (Phi) is 7.07. The van der Waals surface area contributed by atoms with E-state index in [0.717, 1.165) is 28.6 Å². The van der Waals surface area contributed by atoms with Crippen molar-refractivity contribution in [3.05, 3.63) is 64.3 Å². The Hall–Kier alpha value is -2.03. The van der Waals surface area contributed by atoms with Crippen LogP contribution in [0.5, 0.6) is 0 Å². The molecule has 1 aliphatic rings. The van der Waals surface area contributed by atoms with Crippen molar-refractivity contribution in [1.82, 2.24) is 15.0 Å². The molecule has 1 aromatic heterocycles. The lowest BCUT2D eigenvalue weighted by atomic mass is 9.97. The van der Waals surface area contributed by atoms with Gasteiger partial charge in [0.2, 0.25) is 0 Å². The average Bonchev–Trinajstić information content (AvgIpc) is 3.26. The minimum absolute atomic E-state index is 0.0542. The zero-order chi connectivity index (χ0) is 23.9. The first kappa shape index (κ1) is 24.1. The van der Waals surface area contributed by atoms with Crippen LogP contribution in [0.4, 0.5) is 17.6 Å². The summed E-state index contributed by atoms with van der Waals surface area (Å²) in [4.78, 5) is 0.150. The van der Waals surface area contributed by atoms with Gasteiger partial charge in [-0.2, -0.15) is 0 Å². The summed E-state index contributed by atoms with van der Waals surface area (Å²) in [7, 11) is 0. The Morgan fingerprint density at radius 1 is 1.03 bits per heavy atom. The Labute approximate surface area is 197 Å². The standard InChI is InChI=1S/C20H16BrF4N3O4S/c21-9-1-2-10(22)15(5-9)33-20-19(31)17(18(30)14(7-29)32-20)28-6-13(26-27-28)8-3-11(23)16(25)12(24)4-8/h1-6,14,17-20,29-31H,7H2/t14?,17-,18-,19?,20+/m0/s1. The van der Waals surface area contributed by atoms with E-state index in [2.05, 4.69) is 26.2 Å². The van der Waals surface area contributed by atoms with E-state index in [1.807, 2.05) is 0 Å². The van der Waals surface area contributed by atoms with Crippen molar-refractivity contribution in [2.75, 3.05) is 6.61 Å². The molecular formula is C20H16BrF4N3O4S. The largest absolute Gasteiger partial charge is 0.394 e. The first-order valence-electron chi connectivity index (χ1n) is 9.50. The number of benzene rings is 2. The SMILES string of the molecule is OCC1O[C@H](Sc2cc(Br)ccc2F)C(O)[C@@H](n2cc(-c3cc(F)c(F)c(F)c3)nn2)[C@H]1O. The molecule has 0 aliphatic carbocycles. The van der Waals surface area contributed by atoms with Gasteiger partial charge in [-0.05, 0) is 30.3 Å². The van der Waals surface area contributed by atoms with Crippen LogP contribution >= 0.6 is 27.7 Å². The van der Waals surface area contributed by atoms with Crippen LogP contribution in [0.1, 0.15) is 6.04 Å². The van der Waals surface area contributed by atoms with Crippen LogP contribution < -0.4 is 0 Å². The number of thioether (sulfide) groups is 1. The van der Waals surface area contributed by atoms with Gasteiger partial charge in [-0.25, -0.2) is 22.2 Å². The quantitative estimate of drug-likeness (QED) is 0.332. The zero-order valence-corrected chi connectivity index (χ0v) is 18.9. The van der Waals surface area contributed by atoms with Gasteiger partial charge in [0, 0.05) is 14.9 Å². The third-order valence-corrected chi connectivity index (χ3v) is 6.76. The molecule has 3 N–H and O–H groups in total. The van der Waals surface area contributed by atoms with Crippen molar-refractivity contribution < 1.29 is 37.6 Å². The number of rotatable bonds is 5. The molecule has 0 amide bonds. The summed E-state index contributed by atoms with van der Waals surface area (Å²) in [6, 6.07) is 4.46. The predicted molar refractivity (Wildman–Crippen MR) is 112 cm³/mol. The molecule has 0 saturated carbocycles. The molecule has 2 unspecified atom stereocenters. The number of aliphatic hydroxyl groups excluding tert-OH is 3. The van der Waals surface area contributed by atoms with Gasteiger partial charge in [-0.3, -0.25) is 0 Å². The molecule has 0 spiro atoms. The van der Waals surface area contributed by atoms with Crippen molar-refractivity contribution in [1.29, 1.82) is 0 Å². The monoisotopic (exact) mass is 549 g/mol. The number of hydrogen-bond acceptors (Lipinski definition) is 7. The molecular weight excluding hydrogens is 534 g/mol. The van der Waals surface area contributed by atoms with E-state index in [1.54, 1.807) is 0 Å². The molecule has 2 aromatic carbocycles. The van der Waals surface area contributed by atoms with Crippen molar-refractivity contribution >= 4 is 27.7 Å². The summed E-state index contributed by atoms with van der Waals surface area (Å²) in [5, 5.41) is 38.8. The summed E-state index contributed by atoms with van der Waals surface area (Å²) < 4.78 is 61.9. The molecule has 2 heterocycles. The number of aliphatic hydroxyl groups is 3. The second kappa shape index (κ2) is 9.68. The lowest BCUT2D eigenvalue weighted by molar-refractivity contribution is -0.178. The van der Waals surface area contributed by atoms with Gasteiger partial charge in [0.1, 0.15) is 41.3 Å². The minimum atomic E-state index is -1.63. The van der Waals surface area contributed by atoms with Crippen molar-refractivity contribution in [2.45, 2.75) is 34.7 Å². The highest BCUT2D eigenvalue weighted by Gasteiger charge is 2.46. The Balaban J connectivity index is 1.65. The highest BCUT2D eigenvalue weighted by atomic mass is 79.9. The molecule has 3 aromatic rings. The third kappa shape index (κ3) is 4.79. The van der Waals surface area contributed by atoms with E-state index in [-0.39, 0.29) is 16.2 Å². The van der Waals surface area contributed by atoms with E-state index in [4.69, 9.17) is 4.74 Å². The summed E-state index contributed by atoms with van der Waals surface area (Å²) in [6.45, 7) is -0.613. The fraction of sp³-hybridized carbons (Fsp3) is 0.300. The summed E-state index contributed by atoms with van der Waals surface area (Å²) >= 11 is 4.08. The van der Waals surface area contributed by atoms with E-state index in [1.165, 1.54) is 24.4 Å². The summed E-state index contributed by atoms with van der Waals surface area (Å²) in [6.07, 6.45) is -2.86. The smallest absolute Gasteiger partial charge is 0.194 e. The maximum Gasteiger partial charge on any atom is 0.194 e. The van der Waals surface area contributed by atoms with Crippen LogP contribution in [-0.2, 0) is 4.74 Å². The molecule has 176 valence electrons. The highest BCUT2D eigenvalue weighted by molar-refractivity contribution is 9.10. The summed E-state index contributed by atoms with van der Waals surface area (Å²) in [5.41, 5.74) is -1.29. The minimum Gasteiger partial charge on any atom is -0.394 e. The predicted octanol–water partition coefficient (Wildman–Crippen LogP) is 3.04. The number of hydrogen-bond donors (Lipinski definition) is 3. The zero-order valence-electron chi connectivity index (χ0n) is 16.4. The van der Waals surface area contributed by atoms with E-state index in [9.17, 15) is 32.9 Å². The van der Waals surface area contributed by atoms with Gasteiger partial charge in [-0.1, -0.05) is 32.9 Å². The Bertz CT molecular complexity index is 1150. The lowest BCUT2D eigenvalue weighted by Gasteiger charge is -2.41. The van der Waals surface area contributed by atoms with Gasteiger partial charge in [-0.15, -0.1) is 5.10 Å². The topological polar surface area (TPSA) is 101 Å². The normalized spacial score (nSPS) is 25.4. The number of halogens is 5. The fourth-order valence-electron chi connectivity index (χ4n) is 3.43. The molecule has 7 nitrogen and oxygen atoms in total. The van der Waals surface area contributed by atoms with Crippen molar-refractivity contribution in [3.63, 3.8) is 0 Å². The number of nitrogens with zero attached hydrogens (tertiary/aromatic N) is 3. The van der Waals surface area contributed by atoms with Gasteiger partial charge < -0.3 is 20.1 Å². The van der Waals surface area contributed by atoms with E-state index >= 15 is 0 Å². The Morgan fingerprint density at radius 2 is 1.73 bits per heavy atom. The molecule has 33 heavy (non-hydrogen) atoms. The average molecular weight is 550 g/mol. The third-order valence-electron chi connectivity index (χ3n) is 5.08. The number of aromatic nitrogens is 3. The lowest BCUT2D eigenvalue weighted by Crippen LogP contribution is -2.55. The molecule has 1 saturated heterocycles. The first-order valence-corrected chi connectivity index (χ1v) is 11.2. The second-order valence-corrected chi connectivity index (χ2v) is 9.28. The molecule has 0 radical (unpaired) electrons. The summed E-state index contributed by atoms with van der Waals surface area (Å²) in [5.74, 6) is -5.03. The molecule has 5 atom stereocenters.